The number of nitriles is 1. The van der Waals surface area contributed by atoms with E-state index in [0.717, 1.165) is 43.2 Å². The van der Waals surface area contributed by atoms with Crippen molar-refractivity contribution in [3.63, 3.8) is 0 Å². The number of hydrogen-bond acceptors (Lipinski definition) is 4. The monoisotopic (exact) mass is 527 g/mol. The Labute approximate surface area is 235 Å². The smallest absolute Gasteiger partial charge is 0.126 e. The van der Waals surface area contributed by atoms with E-state index in [9.17, 15) is 0 Å². The lowest BCUT2D eigenvalue weighted by Gasteiger charge is -2.25. The van der Waals surface area contributed by atoms with Crippen LogP contribution in [0.5, 0.6) is 0 Å². The van der Waals surface area contributed by atoms with Crippen LogP contribution in [0.15, 0.2) is 89.9 Å². The Kier molecular flexibility index (Phi) is 6.97. The van der Waals surface area contributed by atoms with Gasteiger partial charge in [-0.15, -0.1) is 11.3 Å². The van der Waals surface area contributed by atoms with Crippen LogP contribution < -0.4 is 0 Å². The van der Waals surface area contributed by atoms with Crippen molar-refractivity contribution in [2.45, 2.75) is 52.4 Å². The minimum Gasteiger partial charge on any atom is -0.256 e. The van der Waals surface area contributed by atoms with E-state index in [4.69, 9.17) is 15.2 Å². The summed E-state index contributed by atoms with van der Waals surface area (Å²) in [7, 11) is 0. The molecule has 0 fully saturated rings. The van der Waals surface area contributed by atoms with Crippen LogP contribution in [-0.4, -0.2) is 11.2 Å². The molecule has 0 amide bonds. The summed E-state index contributed by atoms with van der Waals surface area (Å²) in [6.45, 7) is 13.5. The molecular formula is C35H33N3S. The zero-order chi connectivity index (χ0) is 27.8. The number of hydrogen-bond donors (Lipinski definition) is 0. The van der Waals surface area contributed by atoms with Crippen molar-refractivity contribution in [3.05, 3.63) is 107 Å². The molecule has 194 valence electrons. The van der Waals surface area contributed by atoms with Crippen LogP contribution in [0.25, 0.3) is 31.9 Å². The Morgan fingerprint density at radius 2 is 1.41 bits per heavy atom. The van der Waals surface area contributed by atoms with E-state index >= 15 is 0 Å². The highest BCUT2D eigenvalue weighted by Gasteiger charge is 2.20. The first kappa shape index (κ1) is 26.5. The molecule has 5 aromatic rings. The maximum atomic E-state index is 9.17. The molecule has 1 aromatic heterocycles. The molecule has 0 N–H and O–H groups in total. The zero-order valence-corrected chi connectivity index (χ0v) is 24.2. The molecule has 0 aliphatic rings. The van der Waals surface area contributed by atoms with Crippen molar-refractivity contribution >= 4 is 33.5 Å². The van der Waals surface area contributed by atoms with Crippen molar-refractivity contribution in [2.24, 2.45) is 4.99 Å². The van der Waals surface area contributed by atoms with Crippen molar-refractivity contribution in [2.75, 3.05) is 0 Å². The summed E-state index contributed by atoms with van der Waals surface area (Å²) in [6.07, 6.45) is 1.98. The number of nitrogens with zero attached hydrogens (tertiary/aromatic N) is 3. The molecule has 0 bridgehead atoms. The van der Waals surface area contributed by atoms with E-state index in [1.807, 2.05) is 42.6 Å². The molecule has 1 heterocycles. The summed E-state index contributed by atoms with van der Waals surface area (Å²) in [6, 6.07) is 31.2. The molecule has 0 saturated carbocycles. The molecule has 0 saturated heterocycles. The van der Waals surface area contributed by atoms with Gasteiger partial charge in [-0.3, -0.25) is 4.99 Å². The van der Waals surface area contributed by atoms with Gasteiger partial charge in [0.1, 0.15) is 5.01 Å². The molecular weight excluding hydrogens is 494 g/mol. The molecule has 0 atom stereocenters. The molecule has 0 aliphatic heterocycles. The van der Waals surface area contributed by atoms with Gasteiger partial charge in [-0.25, -0.2) is 4.98 Å². The number of para-hydroxylation sites is 2. The van der Waals surface area contributed by atoms with E-state index in [0.29, 0.717) is 5.56 Å². The fraction of sp³-hybridized carbons (Fsp3) is 0.229. The van der Waals surface area contributed by atoms with Gasteiger partial charge in [-0.1, -0.05) is 84.0 Å². The molecule has 39 heavy (non-hydrogen) atoms. The third-order valence-corrected chi connectivity index (χ3v) is 7.97. The number of benzene rings is 4. The van der Waals surface area contributed by atoms with E-state index < -0.39 is 0 Å². The molecule has 0 radical (unpaired) electrons. The molecule has 0 spiro atoms. The van der Waals surface area contributed by atoms with Gasteiger partial charge in [0.05, 0.1) is 27.5 Å². The Morgan fingerprint density at radius 1 is 0.769 bits per heavy atom. The average Bonchev–Trinajstić information content (AvgIpc) is 3.35. The van der Waals surface area contributed by atoms with Gasteiger partial charge in [0.2, 0.25) is 0 Å². The van der Waals surface area contributed by atoms with Gasteiger partial charge in [-0.2, -0.15) is 5.26 Å². The third kappa shape index (κ3) is 5.70. The lowest BCUT2D eigenvalue weighted by Crippen LogP contribution is -2.17. The van der Waals surface area contributed by atoms with E-state index in [1.165, 1.54) is 11.1 Å². The number of rotatable bonds is 4. The van der Waals surface area contributed by atoms with Gasteiger partial charge in [0.15, 0.2) is 0 Å². The normalized spacial score (nSPS) is 12.2. The molecule has 4 aromatic carbocycles. The predicted octanol–water partition coefficient (Wildman–Crippen LogP) is 9.85. The van der Waals surface area contributed by atoms with E-state index in [2.05, 4.69) is 96.1 Å². The zero-order valence-electron chi connectivity index (χ0n) is 23.4. The Morgan fingerprint density at radius 3 is 2.05 bits per heavy atom. The van der Waals surface area contributed by atoms with Crippen molar-refractivity contribution in [1.82, 2.24) is 4.98 Å². The van der Waals surface area contributed by atoms with Crippen LogP contribution in [0.1, 0.15) is 63.8 Å². The number of fused-ring (bicyclic) bond motifs is 1. The molecule has 0 aliphatic carbocycles. The minimum atomic E-state index is 0.0510. The van der Waals surface area contributed by atoms with Crippen molar-refractivity contribution < 1.29 is 0 Å². The van der Waals surface area contributed by atoms with Gasteiger partial charge in [-0.05, 0) is 75.5 Å². The van der Waals surface area contributed by atoms with Crippen molar-refractivity contribution in [1.29, 1.82) is 5.26 Å². The molecule has 0 unspecified atom stereocenters. The second-order valence-corrected chi connectivity index (χ2v) is 13.0. The second-order valence-electron chi connectivity index (χ2n) is 12.0. The molecule has 5 rings (SSSR count). The van der Waals surface area contributed by atoms with Crippen LogP contribution in [0.4, 0.5) is 5.69 Å². The lowest BCUT2D eigenvalue weighted by molar-refractivity contribution is 0.568. The lowest BCUT2D eigenvalue weighted by atomic mass is 9.79. The topological polar surface area (TPSA) is 49.0 Å². The van der Waals surface area contributed by atoms with Crippen LogP contribution >= 0.6 is 11.3 Å². The number of aliphatic imine (C=N–C) groups is 1. The van der Waals surface area contributed by atoms with E-state index in [-0.39, 0.29) is 10.8 Å². The maximum Gasteiger partial charge on any atom is 0.126 e. The highest BCUT2D eigenvalue weighted by Crippen LogP contribution is 2.39. The van der Waals surface area contributed by atoms with Gasteiger partial charge in [0.25, 0.3) is 0 Å². The summed E-state index contributed by atoms with van der Waals surface area (Å²) >= 11 is 1.68. The first-order valence-corrected chi connectivity index (χ1v) is 14.0. The summed E-state index contributed by atoms with van der Waals surface area (Å²) in [5, 5.41) is 10.1. The molecule has 3 nitrogen and oxygen atoms in total. The highest BCUT2D eigenvalue weighted by molar-refractivity contribution is 7.21. The summed E-state index contributed by atoms with van der Waals surface area (Å²) < 4.78 is 1.12. The number of thiazole rings is 1. The van der Waals surface area contributed by atoms with Gasteiger partial charge < -0.3 is 0 Å². The number of aromatic nitrogens is 1. The summed E-state index contributed by atoms with van der Waals surface area (Å²) in [5.41, 5.74) is 9.48. The van der Waals surface area contributed by atoms with Crippen LogP contribution in [-0.2, 0) is 10.8 Å². The summed E-state index contributed by atoms with van der Waals surface area (Å²) in [4.78, 5) is 10.1. The third-order valence-electron chi connectivity index (χ3n) is 6.92. The van der Waals surface area contributed by atoms with E-state index in [1.54, 1.807) is 11.3 Å². The van der Waals surface area contributed by atoms with Crippen LogP contribution in [0, 0.1) is 11.3 Å². The summed E-state index contributed by atoms with van der Waals surface area (Å²) in [5.74, 6) is 0. The first-order chi connectivity index (χ1) is 18.5. The van der Waals surface area contributed by atoms with Crippen LogP contribution in [0.2, 0.25) is 0 Å². The SMILES string of the molecule is CC(C)(C)c1cc(C=Nc2ccccc2-c2nc3c(-c4ccc(C#N)cc4)cccc3s2)cc(C(C)(C)C)c1. The minimum absolute atomic E-state index is 0.0510. The van der Waals surface area contributed by atoms with Gasteiger partial charge >= 0.3 is 0 Å². The second kappa shape index (κ2) is 10.2. The quantitative estimate of drug-likeness (QED) is 0.218. The molecule has 4 heteroatoms. The van der Waals surface area contributed by atoms with Crippen LogP contribution in [0.3, 0.4) is 0 Å². The fourth-order valence-electron chi connectivity index (χ4n) is 4.52. The fourth-order valence-corrected chi connectivity index (χ4v) is 5.55. The van der Waals surface area contributed by atoms with Crippen molar-refractivity contribution in [3.8, 4) is 27.8 Å². The highest BCUT2D eigenvalue weighted by atomic mass is 32.1. The van der Waals surface area contributed by atoms with Gasteiger partial charge in [0, 0.05) is 17.3 Å². The Balaban J connectivity index is 1.56. The largest absolute Gasteiger partial charge is 0.256 e. The maximum absolute atomic E-state index is 9.17. The first-order valence-electron chi connectivity index (χ1n) is 13.2. The Bertz CT molecular complexity index is 1690. The average molecular weight is 528 g/mol. The Hall–Kier alpha value is -4.07. The predicted molar refractivity (Wildman–Crippen MR) is 166 cm³/mol. The standard InChI is InChI=1S/C35H33N3S/c1-34(2,3)26-18-24(19-27(20-26)35(4,5)6)22-37-30-12-8-7-10-29(30)33-38-32-28(11-9-13-31(32)39-33)25-16-14-23(21-36)15-17-25/h7-20,22H,1-6H3.